The fourth-order valence-electron chi connectivity index (χ4n) is 1.76. The van der Waals surface area contributed by atoms with Crippen LogP contribution in [-0.4, -0.2) is 11.1 Å². The van der Waals surface area contributed by atoms with Crippen LogP contribution in [0.1, 0.15) is 21.5 Å². The number of hydrogen-bond donors (Lipinski definition) is 2. The zero-order valence-corrected chi connectivity index (χ0v) is 11.9. The molecule has 5 heteroatoms. The first-order valence-electron chi connectivity index (χ1n) is 5.96. The first-order chi connectivity index (χ1) is 9.38. The lowest BCUT2D eigenvalue weighted by molar-refractivity contribution is 0.0692. The summed E-state index contributed by atoms with van der Waals surface area (Å²) in [6.07, 6.45) is 0. The lowest BCUT2D eigenvalue weighted by atomic mass is 10.2. The molecule has 0 heterocycles. The normalized spacial score (nSPS) is 10.6. The van der Waals surface area contributed by atoms with E-state index >= 15 is 0 Å². The Bertz CT molecular complexity index is 686. The molecule has 2 aromatic rings. The van der Waals surface area contributed by atoms with E-state index in [1.165, 1.54) is 17.8 Å². The Labute approximate surface area is 120 Å². The number of hydrogen-bond acceptors (Lipinski definition) is 3. The number of aromatic carboxylic acids is 1. The third kappa shape index (κ3) is 2.93. The minimum atomic E-state index is -1.32. The number of carboxylic acids is 1. The quantitative estimate of drug-likeness (QED) is 0.842. The average molecular weight is 291 g/mol. The summed E-state index contributed by atoms with van der Waals surface area (Å²) in [5.74, 6) is -2.10. The van der Waals surface area contributed by atoms with Crippen molar-refractivity contribution in [1.82, 2.24) is 0 Å². The van der Waals surface area contributed by atoms with Crippen molar-refractivity contribution < 1.29 is 14.3 Å². The average Bonchev–Trinajstić information content (AvgIpc) is 2.37. The summed E-state index contributed by atoms with van der Waals surface area (Å²) in [7, 11) is 0. The number of nitrogen functional groups attached to an aromatic ring is 1. The zero-order chi connectivity index (χ0) is 14.9. The van der Waals surface area contributed by atoms with Crippen LogP contribution in [-0.2, 0) is 0 Å². The van der Waals surface area contributed by atoms with Crippen molar-refractivity contribution in [3.05, 3.63) is 52.8 Å². The summed E-state index contributed by atoms with van der Waals surface area (Å²) in [4.78, 5) is 12.3. The number of nitrogens with two attached hydrogens (primary N) is 1. The van der Waals surface area contributed by atoms with Crippen LogP contribution in [0.15, 0.2) is 40.1 Å². The van der Waals surface area contributed by atoms with Gasteiger partial charge < -0.3 is 10.8 Å². The van der Waals surface area contributed by atoms with Gasteiger partial charge in [0.25, 0.3) is 0 Å². The van der Waals surface area contributed by atoms with E-state index in [0.717, 1.165) is 22.1 Å². The van der Waals surface area contributed by atoms with Crippen molar-refractivity contribution in [2.75, 3.05) is 5.73 Å². The highest BCUT2D eigenvalue weighted by Crippen LogP contribution is 2.35. The first-order valence-corrected chi connectivity index (χ1v) is 6.77. The lowest BCUT2D eigenvalue weighted by Gasteiger charge is -2.10. The zero-order valence-electron chi connectivity index (χ0n) is 11.1. The molecule has 0 radical (unpaired) electrons. The maximum absolute atomic E-state index is 13.7. The van der Waals surface area contributed by atoms with Gasteiger partial charge in [-0.2, -0.15) is 0 Å². The predicted molar refractivity (Wildman–Crippen MR) is 77.8 cm³/mol. The minimum Gasteiger partial charge on any atom is -0.478 e. The molecule has 2 aromatic carbocycles. The van der Waals surface area contributed by atoms with Crippen molar-refractivity contribution in [1.29, 1.82) is 0 Å². The third-order valence-corrected chi connectivity index (χ3v) is 4.13. The molecule has 104 valence electrons. The number of carboxylic acid groups (broad SMARTS) is 1. The SMILES string of the molecule is Cc1ccc(C)c(Sc2cc(F)c(C(=O)O)cc2N)c1. The number of anilines is 1. The van der Waals surface area contributed by atoms with Crippen molar-refractivity contribution in [2.24, 2.45) is 0 Å². The molecule has 0 aliphatic heterocycles. The second kappa shape index (κ2) is 5.54. The molecular formula is C15H14FNO2S. The highest BCUT2D eigenvalue weighted by atomic mass is 32.2. The number of aryl methyl sites for hydroxylation is 2. The highest BCUT2D eigenvalue weighted by Gasteiger charge is 2.15. The fraction of sp³-hybridized carbons (Fsp3) is 0.133. The summed E-state index contributed by atoms with van der Waals surface area (Å²) >= 11 is 1.33. The Morgan fingerprint density at radius 1 is 1.20 bits per heavy atom. The third-order valence-electron chi connectivity index (χ3n) is 2.89. The van der Waals surface area contributed by atoms with E-state index in [9.17, 15) is 9.18 Å². The van der Waals surface area contributed by atoms with Gasteiger partial charge in [0.2, 0.25) is 0 Å². The summed E-state index contributed by atoms with van der Waals surface area (Å²) < 4.78 is 13.7. The molecule has 0 bridgehead atoms. The molecule has 0 saturated heterocycles. The highest BCUT2D eigenvalue weighted by molar-refractivity contribution is 7.99. The van der Waals surface area contributed by atoms with Gasteiger partial charge in [-0.05, 0) is 43.2 Å². The monoisotopic (exact) mass is 291 g/mol. The number of rotatable bonds is 3. The van der Waals surface area contributed by atoms with Gasteiger partial charge in [0.05, 0.1) is 5.56 Å². The molecule has 2 rings (SSSR count). The van der Waals surface area contributed by atoms with E-state index in [-0.39, 0.29) is 5.69 Å². The van der Waals surface area contributed by atoms with Crippen LogP contribution in [0.3, 0.4) is 0 Å². The van der Waals surface area contributed by atoms with Gasteiger partial charge >= 0.3 is 5.97 Å². The number of benzene rings is 2. The van der Waals surface area contributed by atoms with Crippen LogP contribution in [0.4, 0.5) is 10.1 Å². The number of halogens is 1. The molecule has 20 heavy (non-hydrogen) atoms. The predicted octanol–water partition coefficient (Wildman–Crippen LogP) is 3.87. The van der Waals surface area contributed by atoms with Gasteiger partial charge in [-0.15, -0.1) is 0 Å². The molecule has 0 saturated carbocycles. The molecule has 0 aliphatic rings. The van der Waals surface area contributed by atoms with E-state index < -0.39 is 17.3 Å². The van der Waals surface area contributed by atoms with Gasteiger partial charge in [0.1, 0.15) is 5.82 Å². The molecule has 3 N–H and O–H groups in total. The standard InChI is InChI=1S/C15H14FNO2S/c1-8-3-4-9(2)13(5-8)20-14-7-11(16)10(15(18)19)6-12(14)17/h3-7H,17H2,1-2H3,(H,18,19). The van der Waals surface area contributed by atoms with Crippen molar-refractivity contribution >= 4 is 23.4 Å². The number of carbonyl (C=O) groups is 1. The fourth-order valence-corrected chi connectivity index (χ4v) is 2.81. The first kappa shape index (κ1) is 14.4. The summed E-state index contributed by atoms with van der Waals surface area (Å²) in [5, 5.41) is 8.85. The molecule has 0 amide bonds. The van der Waals surface area contributed by atoms with E-state index in [2.05, 4.69) is 0 Å². The maximum Gasteiger partial charge on any atom is 0.338 e. The Balaban J connectivity index is 2.42. The smallest absolute Gasteiger partial charge is 0.338 e. The van der Waals surface area contributed by atoms with Crippen LogP contribution < -0.4 is 5.73 Å². The van der Waals surface area contributed by atoms with E-state index in [1.54, 1.807) is 0 Å². The van der Waals surface area contributed by atoms with Gasteiger partial charge in [-0.25, -0.2) is 9.18 Å². The second-order valence-electron chi connectivity index (χ2n) is 4.55. The van der Waals surface area contributed by atoms with E-state index in [1.807, 2.05) is 32.0 Å². The molecule has 3 nitrogen and oxygen atoms in total. The molecular weight excluding hydrogens is 277 g/mol. The largest absolute Gasteiger partial charge is 0.478 e. The van der Waals surface area contributed by atoms with Crippen LogP contribution in [0.5, 0.6) is 0 Å². The van der Waals surface area contributed by atoms with Crippen molar-refractivity contribution in [3.8, 4) is 0 Å². The molecule has 0 aliphatic carbocycles. The molecule has 0 fully saturated rings. The van der Waals surface area contributed by atoms with Gasteiger partial charge in [0.15, 0.2) is 0 Å². The summed E-state index contributed by atoms with van der Waals surface area (Å²) in [6.45, 7) is 3.93. The van der Waals surface area contributed by atoms with Gasteiger partial charge in [0, 0.05) is 15.5 Å². The van der Waals surface area contributed by atoms with Gasteiger partial charge in [-0.3, -0.25) is 0 Å². The van der Waals surface area contributed by atoms with Crippen molar-refractivity contribution in [2.45, 2.75) is 23.6 Å². The second-order valence-corrected chi connectivity index (χ2v) is 5.63. The van der Waals surface area contributed by atoms with Gasteiger partial charge in [-0.1, -0.05) is 23.9 Å². The summed E-state index contributed by atoms with van der Waals surface area (Å²) in [6, 6.07) is 8.30. The topological polar surface area (TPSA) is 63.3 Å². The van der Waals surface area contributed by atoms with Crippen LogP contribution in [0.2, 0.25) is 0 Å². The van der Waals surface area contributed by atoms with E-state index in [4.69, 9.17) is 10.8 Å². The van der Waals surface area contributed by atoms with Crippen LogP contribution in [0, 0.1) is 19.7 Å². The molecule has 0 spiro atoms. The molecule has 0 atom stereocenters. The lowest BCUT2D eigenvalue weighted by Crippen LogP contribution is -2.03. The molecule has 0 aromatic heterocycles. The van der Waals surface area contributed by atoms with E-state index in [0.29, 0.717) is 4.90 Å². The minimum absolute atomic E-state index is 0.259. The Morgan fingerprint density at radius 3 is 2.55 bits per heavy atom. The Hall–Kier alpha value is -2.01. The van der Waals surface area contributed by atoms with Crippen LogP contribution in [0.25, 0.3) is 0 Å². The van der Waals surface area contributed by atoms with Crippen molar-refractivity contribution in [3.63, 3.8) is 0 Å². The molecule has 0 unspecified atom stereocenters. The Kier molecular flexibility index (Phi) is 3.99. The summed E-state index contributed by atoms with van der Waals surface area (Å²) in [5.41, 5.74) is 7.82. The maximum atomic E-state index is 13.7. The van der Waals surface area contributed by atoms with Crippen LogP contribution >= 0.6 is 11.8 Å². The Morgan fingerprint density at radius 2 is 1.90 bits per heavy atom.